The Bertz CT molecular complexity index is 929. The lowest BCUT2D eigenvalue weighted by Crippen LogP contribution is -2.48. The molecule has 0 N–H and O–H groups in total. The summed E-state index contributed by atoms with van der Waals surface area (Å²) in [6.07, 6.45) is 1.12. The van der Waals surface area contributed by atoms with Crippen LogP contribution in [0.25, 0.3) is 0 Å². The van der Waals surface area contributed by atoms with Crippen LogP contribution in [0.4, 0.5) is 0 Å². The number of likely N-dealkylation sites (tertiary alicyclic amines) is 2. The van der Waals surface area contributed by atoms with Gasteiger partial charge in [0, 0.05) is 51.5 Å². The molecule has 1 aromatic carbocycles. The van der Waals surface area contributed by atoms with Gasteiger partial charge in [-0.05, 0) is 18.6 Å². The molecule has 0 radical (unpaired) electrons. The van der Waals surface area contributed by atoms with Crippen LogP contribution < -0.4 is 0 Å². The van der Waals surface area contributed by atoms with Gasteiger partial charge in [-0.15, -0.1) is 0 Å². The SMILES string of the molecule is CN1C(=O)C[C@@H]2CN(C(=O)CCN3C(=O)c4ccccc4S3(=O)=O)CC[C@@H]21. The number of carbonyl (C=O) groups is 3. The summed E-state index contributed by atoms with van der Waals surface area (Å²) < 4.78 is 25.9. The molecule has 144 valence electrons. The highest BCUT2D eigenvalue weighted by Gasteiger charge is 2.43. The first-order valence-corrected chi connectivity index (χ1v) is 10.4. The van der Waals surface area contributed by atoms with Crippen molar-refractivity contribution in [1.82, 2.24) is 14.1 Å². The molecule has 2 atom stereocenters. The molecule has 3 heterocycles. The van der Waals surface area contributed by atoms with Gasteiger partial charge in [-0.3, -0.25) is 14.4 Å². The Morgan fingerprint density at radius 2 is 1.96 bits per heavy atom. The molecule has 4 rings (SSSR count). The van der Waals surface area contributed by atoms with Crippen LogP contribution in [0.5, 0.6) is 0 Å². The maximum absolute atomic E-state index is 12.6. The number of carbonyl (C=O) groups excluding carboxylic acids is 3. The number of benzene rings is 1. The fraction of sp³-hybridized carbons (Fsp3) is 0.500. The van der Waals surface area contributed by atoms with E-state index in [1.807, 2.05) is 0 Å². The summed E-state index contributed by atoms with van der Waals surface area (Å²) in [5.74, 6) is -0.540. The molecule has 0 spiro atoms. The third-order valence-corrected chi connectivity index (χ3v) is 7.66. The minimum Gasteiger partial charge on any atom is -0.342 e. The highest BCUT2D eigenvalue weighted by molar-refractivity contribution is 7.90. The topological polar surface area (TPSA) is 95.1 Å². The Hall–Kier alpha value is -2.42. The quantitative estimate of drug-likeness (QED) is 0.739. The van der Waals surface area contributed by atoms with Crippen molar-refractivity contribution < 1.29 is 22.8 Å². The Balaban J connectivity index is 1.41. The Labute approximate surface area is 157 Å². The number of fused-ring (bicyclic) bond motifs is 2. The average molecular weight is 391 g/mol. The van der Waals surface area contributed by atoms with Crippen LogP contribution in [0, 0.1) is 5.92 Å². The standard InChI is InChI=1S/C18H21N3O5S/c1-19-14-6-8-20(11-12(14)10-17(19)23)16(22)7-9-21-18(24)13-4-2-3-5-15(13)27(21,25)26/h2-5,12,14H,6-11H2,1H3/t12-,14+/m1/s1. The predicted molar refractivity (Wildman–Crippen MR) is 95.1 cm³/mol. The molecule has 0 saturated carbocycles. The molecular weight excluding hydrogens is 370 g/mol. The van der Waals surface area contributed by atoms with E-state index in [2.05, 4.69) is 0 Å². The molecule has 27 heavy (non-hydrogen) atoms. The highest BCUT2D eigenvalue weighted by Crippen LogP contribution is 2.32. The number of hydrogen-bond donors (Lipinski definition) is 0. The Morgan fingerprint density at radius 1 is 1.22 bits per heavy atom. The van der Waals surface area contributed by atoms with Gasteiger partial charge in [0.05, 0.1) is 5.56 Å². The van der Waals surface area contributed by atoms with Crippen LogP contribution in [0.15, 0.2) is 29.2 Å². The summed E-state index contributed by atoms with van der Waals surface area (Å²) >= 11 is 0. The lowest BCUT2D eigenvalue weighted by molar-refractivity contribution is -0.133. The molecule has 0 bridgehead atoms. The van der Waals surface area contributed by atoms with Crippen molar-refractivity contribution in [2.75, 3.05) is 26.7 Å². The largest absolute Gasteiger partial charge is 0.342 e. The molecule has 2 saturated heterocycles. The van der Waals surface area contributed by atoms with E-state index in [1.54, 1.807) is 29.0 Å². The van der Waals surface area contributed by atoms with E-state index < -0.39 is 15.9 Å². The van der Waals surface area contributed by atoms with Gasteiger partial charge >= 0.3 is 0 Å². The number of amides is 3. The van der Waals surface area contributed by atoms with E-state index >= 15 is 0 Å². The van der Waals surface area contributed by atoms with Crippen molar-refractivity contribution in [1.29, 1.82) is 0 Å². The normalized spacial score (nSPS) is 26.3. The smallest absolute Gasteiger partial charge is 0.269 e. The number of piperidine rings is 1. The second-order valence-electron chi connectivity index (χ2n) is 7.29. The van der Waals surface area contributed by atoms with Crippen LogP contribution in [-0.4, -0.2) is 73.0 Å². The van der Waals surface area contributed by atoms with Crippen LogP contribution in [-0.2, 0) is 19.6 Å². The zero-order chi connectivity index (χ0) is 19.3. The second-order valence-corrected chi connectivity index (χ2v) is 9.12. The molecule has 9 heteroatoms. The molecular formula is C18H21N3O5S. The summed E-state index contributed by atoms with van der Waals surface area (Å²) in [5, 5.41) is 0. The zero-order valence-electron chi connectivity index (χ0n) is 15.0. The van der Waals surface area contributed by atoms with E-state index in [1.165, 1.54) is 12.1 Å². The number of nitrogens with zero attached hydrogens (tertiary/aromatic N) is 3. The van der Waals surface area contributed by atoms with Crippen LogP contribution >= 0.6 is 0 Å². The molecule has 3 aliphatic heterocycles. The maximum Gasteiger partial charge on any atom is 0.269 e. The van der Waals surface area contributed by atoms with Gasteiger partial charge in [0.25, 0.3) is 15.9 Å². The first-order chi connectivity index (χ1) is 12.8. The van der Waals surface area contributed by atoms with Crippen molar-refractivity contribution in [2.45, 2.75) is 30.2 Å². The fourth-order valence-corrected chi connectivity index (χ4v) is 5.89. The van der Waals surface area contributed by atoms with Crippen LogP contribution in [0.2, 0.25) is 0 Å². The summed E-state index contributed by atoms with van der Waals surface area (Å²) in [6.45, 7) is 0.872. The first-order valence-electron chi connectivity index (χ1n) is 9.00. The molecule has 8 nitrogen and oxygen atoms in total. The van der Waals surface area contributed by atoms with Gasteiger partial charge in [-0.25, -0.2) is 12.7 Å². The summed E-state index contributed by atoms with van der Waals surface area (Å²) in [5.41, 5.74) is 0.151. The predicted octanol–water partition coefficient (Wildman–Crippen LogP) is 0.300. The van der Waals surface area contributed by atoms with Crippen molar-refractivity contribution >= 4 is 27.7 Å². The van der Waals surface area contributed by atoms with E-state index in [0.717, 1.165) is 10.7 Å². The van der Waals surface area contributed by atoms with Crippen LogP contribution in [0.1, 0.15) is 29.6 Å². The monoisotopic (exact) mass is 391 g/mol. The van der Waals surface area contributed by atoms with Crippen molar-refractivity contribution in [2.24, 2.45) is 5.92 Å². The van der Waals surface area contributed by atoms with Crippen LogP contribution in [0.3, 0.4) is 0 Å². The van der Waals surface area contributed by atoms with Gasteiger partial charge in [0.15, 0.2) is 0 Å². The fourth-order valence-electron chi connectivity index (χ4n) is 4.32. The zero-order valence-corrected chi connectivity index (χ0v) is 15.8. The maximum atomic E-state index is 12.6. The van der Waals surface area contributed by atoms with Crippen molar-refractivity contribution in [3.05, 3.63) is 29.8 Å². The number of rotatable bonds is 3. The molecule has 3 amide bonds. The van der Waals surface area contributed by atoms with E-state index in [0.29, 0.717) is 19.5 Å². The molecule has 0 aliphatic carbocycles. The third-order valence-electron chi connectivity index (χ3n) is 5.81. The van der Waals surface area contributed by atoms with E-state index in [-0.39, 0.29) is 47.2 Å². The number of sulfonamides is 1. The first kappa shape index (κ1) is 18.0. The molecule has 2 fully saturated rings. The van der Waals surface area contributed by atoms with E-state index in [9.17, 15) is 22.8 Å². The third kappa shape index (κ3) is 2.80. The molecule has 1 aromatic rings. The number of hydrogen-bond acceptors (Lipinski definition) is 5. The average Bonchev–Trinajstić information content (AvgIpc) is 3.04. The van der Waals surface area contributed by atoms with E-state index in [4.69, 9.17) is 0 Å². The Morgan fingerprint density at radius 3 is 2.70 bits per heavy atom. The van der Waals surface area contributed by atoms with Crippen molar-refractivity contribution in [3.8, 4) is 0 Å². The van der Waals surface area contributed by atoms with Gasteiger partial charge in [0.2, 0.25) is 11.8 Å². The summed E-state index contributed by atoms with van der Waals surface area (Å²) in [7, 11) is -2.09. The molecule has 0 aromatic heterocycles. The summed E-state index contributed by atoms with van der Waals surface area (Å²) in [4.78, 5) is 40.3. The van der Waals surface area contributed by atoms with Gasteiger partial charge in [-0.1, -0.05) is 12.1 Å². The minimum atomic E-state index is -3.89. The van der Waals surface area contributed by atoms with Gasteiger partial charge < -0.3 is 9.80 Å². The second kappa shape index (κ2) is 6.33. The lowest BCUT2D eigenvalue weighted by Gasteiger charge is -2.36. The summed E-state index contributed by atoms with van der Waals surface area (Å²) in [6, 6.07) is 6.25. The minimum absolute atomic E-state index is 0.00392. The van der Waals surface area contributed by atoms with Crippen molar-refractivity contribution in [3.63, 3.8) is 0 Å². The van der Waals surface area contributed by atoms with Gasteiger partial charge in [0.1, 0.15) is 4.90 Å². The highest BCUT2D eigenvalue weighted by atomic mass is 32.2. The van der Waals surface area contributed by atoms with Gasteiger partial charge in [-0.2, -0.15) is 0 Å². The lowest BCUT2D eigenvalue weighted by atomic mass is 9.92. The molecule has 0 unspecified atom stereocenters. The molecule has 3 aliphatic rings. The Kier molecular flexibility index (Phi) is 4.21.